The molecule has 0 radical (unpaired) electrons. The van der Waals surface area contributed by atoms with Crippen molar-refractivity contribution >= 4 is 5.78 Å². The summed E-state index contributed by atoms with van der Waals surface area (Å²) in [5.74, 6) is -0.0680. The number of allylic oxidation sites excluding steroid dienone is 1. The summed E-state index contributed by atoms with van der Waals surface area (Å²) < 4.78 is 0. The third-order valence-electron chi connectivity index (χ3n) is 1.55. The Kier molecular flexibility index (Phi) is 4.74. The van der Waals surface area contributed by atoms with Crippen molar-refractivity contribution in [1.29, 1.82) is 0 Å². The maximum absolute atomic E-state index is 10.9. The number of hydrogen-bond acceptors (Lipinski definition) is 2. The molecule has 2 atom stereocenters. The van der Waals surface area contributed by atoms with Crippen LogP contribution in [0.2, 0.25) is 0 Å². The summed E-state index contributed by atoms with van der Waals surface area (Å²) in [5, 5.41) is 10.9. The van der Waals surface area contributed by atoms with E-state index in [0.29, 0.717) is 6.54 Å². The van der Waals surface area contributed by atoms with E-state index in [-0.39, 0.29) is 16.8 Å². The number of hydroxylamine groups is 2. The highest BCUT2D eigenvalue weighted by atomic mass is 16.5. The SMILES string of the molecule is C/C=C\[NH+]([O-])CC(C)C(C)=O. The number of carbonyl (C=O) groups is 1. The molecule has 0 aromatic heterocycles. The molecular formula is C8H15NO2. The fraction of sp³-hybridized carbons (Fsp3) is 0.625. The van der Waals surface area contributed by atoms with Crippen LogP contribution < -0.4 is 5.06 Å². The topological polar surface area (TPSA) is 44.6 Å². The summed E-state index contributed by atoms with van der Waals surface area (Å²) in [4.78, 5) is 10.7. The Morgan fingerprint density at radius 2 is 2.27 bits per heavy atom. The van der Waals surface area contributed by atoms with E-state index in [9.17, 15) is 10.0 Å². The Hall–Kier alpha value is -0.670. The van der Waals surface area contributed by atoms with Gasteiger partial charge in [-0.3, -0.25) is 4.79 Å². The number of quaternary nitrogens is 1. The maximum Gasteiger partial charge on any atom is 0.138 e. The number of Topliss-reactive ketones (excluding diaryl/α,β-unsaturated/α-hetero) is 1. The highest BCUT2D eigenvalue weighted by Crippen LogP contribution is 1.90. The molecule has 0 heterocycles. The Morgan fingerprint density at radius 3 is 2.64 bits per heavy atom. The average molecular weight is 157 g/mol. The molecule has 11 heavy (non-hydrogen) atoms. The van der Waals surface area contributed by atoms with Crippen molar-refractivity contribution < 1.29 is 9.86 Å². The van der Waals surface area contributed by atoms with Crippen LogP contribution >= 0.6 is 0 Å². The van der Waals surface area contributed by atoms with Crippen molar-refractivity contribution in [3.05, 3.63) is 17.5 Å². The molecule has 64 valence electrons. The number of nitrogens with one attached hydrogen (secondary N) is 1. The summed E-state index contributed by atoms with van der Waals surface area (Å²) in [5.41, 5.74) is 0. The van der Waals surface area contributed by atoms with E-state index in [0.717, 1.165) is 0 Å². The summed E-state index contributed by atoms with van der Waals surface area (Å²) in [6.45, 7) is 5.40. The van der Waals surface area contributed by atoms with Gasteiger partial charge in [0.25, 0.3) is 0 Å². The average Bonchev–Trinajstić information content (AvgIpc) is 1.87. The van der Waals surface area contributed by atoms with Gasteiger partial charge in [0.15, 0.2) is 0 Å². The largest absolute Gasteiger partial charge is 0.629 e. The van der Waals surface area contributed by atoms with Gasteiger partial charge in [-0.05, 0) is 19.9 Å². The second-order valence-electron chi connectivity index (χ2n) is 2.68. The number of carbonyl (C=O) groups excluding carboxylic acids is 1. The quantitative estimate of drug-likeness (QED) is 0.589. The van der Waals surface area contributed by atoms with E-state index in [1.807, 2.05) is 0 Å². The first-order valence-electron chi connectivity index (χ1n) is 3.74. The van der Waals surface area contributed by atoms with Gasteiger partial charge in [0.1, 0.15) is 5.78 Å². The van der Waals surface area contributed by atoms with E-state index in [2.05, 4.69) is 0 Å². The highest BCUT2D eigenvalue weighted by Gasteiger charge is 2.09. The Labute approximate surface area is 67.3 Å². The first kappa shape index (κ1) is 10.3. The standard InChI is InChI=1S/C8H15NO2/c1-4-5-9(11)6-7(2)8(3)10/h4-5,7,9H,6H2,1-3H3/b5-4-. The van der Waals surface area contributed by atoms with Crippen molar-refractivity contribution in [3.63, 3.8) is 0 Å². The van der Waals surface area contributed by atoms with E-state index in [1.165, 1.54) is 13.1 Å². The van der Waals surface area contributed by atoms with Gasteiger partial charge >= 0.3 is 0 Å². The van der Waals surface area contributed by atoms with Crippen LogP contribution in [0.25, 0.3) is 0 Å². The second-order valence-corrected chi connectivity index (χ2v) is 2.68. The van der Waals surface area contributed by atoms with Gasteiger partial charge in [0, 0.05) is 0 Å². The van der Waals surface area contributed by atoms with Gasteiger partial charge in [-0.1, -0.05) is 6.92 Å². The molecule has 0 aliphatic carbocycles. The fourth-order valence-corrected chi connectivity index (χ4v) is 0.699. The van der Waals surface area contributed by atoms with Crippen molar-refractivity contribution in [2.24, 2.45) is 5.92 Å². The summed E-state index contributed by atoms with van der Waals surface area (Å²) >= 11 is 0. The molecule has 3 heteroatoms. The van der Waals surface area contributed by atoms with Gasteiger partial charge in [-0.25, -0.2) is 0 Å². The summed E-state index contributed by atoms with van der Waals surface area (Å²) in [6, 6.07) is 0. The van der Waals surface area contributed by atoms with Gasteiger partial charge in [-0.2, -0.15) is 0 Å². The molecule has 0 saturated heterocycles. The van der Waals surface area contributed by atoms with E-state index in [4.69, 9.17) is 0 Å². The molecule has 0 amide bonds. The van der Waals surface area contributed by atoms with Crippen LogP contribution in [-0.2, 0) is 4.79 Å². The van der Waals surface area contributed by atoms with Crippen molar-refractivity contribution in [3.8, 4) is 0 Å². The van der Waals surface area contributed by atoms with Gasteiger partial charge in [-0.15, -0.1) is 0 Å². The lowest BCUT2D eigenvalue weighted by Crippen LogP contribution is -3.03. The minimum atomic E-state index is -0.140. The first-order chi connectivity index (χ1) is 5.07. The minimum Gasteiger partial charge on any atom is -0.629 e. The van der Waals surface area contributed by atoms with Crippen molar-refractivity contribution in [1.82, 2.24) is 0 Å². The molecule has 0 aromatic rings. The van der Waals surface area contributed by atoms with E-state index < -0.39 is 0 Å². The van der Waals surface area contributed by atoms with Gasteiger partial charge in [0.2, 0.25) is 0 Å². The van der Waals surface area contributed by atoms with E-state index >= 15 is 0 Å². The first-order valence-corrected chi connectivity index (χ1v) is 3.74. The third-order valence-corrected chi connectivity index (χ3v) is 1.55. The lowest BCUT2D eigenvalue weighted by molar-refractivity contribution is -0.794. The van der Waals surface area contributed by atoms with Crippen LogP contribution in [-0.4, -0.2) is 12.3 Å². The lowest BCUT2D eigenvalue weighted by atomic mass is 10.1. The predicted molar refractivity (Wildman–Crippen MR) is 43.9 cm³/mol. The molecule has 0 aliphatic heterocycles. The smallest absolute Gasteiger partial charge is 0.138 e. The van der Waals surface area contributed by atoms with Crippen molar-refractivity contribution in [2.75, 3.05) is 6.54 Å². The molecule has 0 saturated carbocycles. The lowest BCUT2D eigenvalue weighted by Gasteiger charge is -2.19. The molecule has 2 unspecified atom stereocenters. The van der Waals surface area contributed by atoms with Crippen molar-refractivity contribution in [2.45, 2.75) is 20.8 Å². The third kappa shape index (κ3) is 4.70. The molecule has 0 aromatic carbocycles. The molecule has 0 aliphatic rings. The van der Waals surface area contributed by atoms with E-state index in [1.54, 1.807) is 19.9 Å². The zero-order chi connectivity index (χ0) is 8.85. The number of ketones is 1. The second kappa shape index (κ2) is 5.04. The zero-order valence-corrected chi connectivity index (χ0v) is 7.26. The Morgan fingerprint density at radius 1 is 1.73 bits per heavy atom. The summed E-state index contributed by atoms with van der Waals surface area (Å²) in [7, 11) is 0. The van der Waals surface area contributed by atoms with Crippen LogP contribution in [0.15, 0.2) is 12.3 Å². The fourth-order valence-electron chi connectivity index (χ4n) is 0.699. The monoisotopic (exact) mass is 157 g/mol. The Bertz CT molecular complexity index is 154. The predicted octanol–water partition coefficient (Wildman–Crippen LogP) is 0.128. The van der Waals surface area contributed by atoms with Gasteiger partial charge in [0.05, 0.1) is 18.7 Å². The summed E-state index contributed by atoms with van der Waals surface area (Å²) in [6.07, 6.45) is 3.19. The molecule has 1 N–H and O–H groups in total. The molecule has 3 nitrogen and oxygen atoms in total. The van der Waals surface area contributed by atoms with Crippen LogP contribution in [0.4, 0.5) is 0 Å². The van der Waals surface area contributed by atoms with Crippen LogP contribution in [0.1, 0.15) is 20.8 Å². The molecule has 0 rings (SSSR count). The normalized spacial score (nSPS) is 16.7. The van der Waals surface area contributed by atoms with Crippen LogP contribution in [0, 0.1) is 11.1 Å². The molecule has 0 bridgehead atoms. The number of rotatable bonds is 4. The zero-order valence-electron chi connectivity index (χ0n) is 7.26. The molecule has 0 fully saturated rings. The maximum atomic E-state index is 10.9. The molecule has 0 spiro atoms. The molecular weight excluding hydrogens is 142 g/mol. The minimum absolute atomic E-state index is 0.0233. The highest BCUT2D eigenvalue weighted by molar-refractivity contribution is 5.77. The van der Waals surface area contributed by atoms with Crippen LogP contribution in [0.3, 0.4) is 0 Å². The van der Waals surface area contributed by atoms with Gasteiger partial charge < -0.3 is 10.3 Å². The van der Waals surface area contributed by atoms with Crippen LogP contribution in [0.5, 0.6) is 0 Å². The Balaban J connectivity index is 3.74. The number of hydrogen-bond donors (Lipinski definition) is 1.